The van der Waals surface area contributed by atoms with E-state index in [1.54, 1.807) is 11.8 Å². The van der Waals surface area contributed by atoms with Gasteiger partial charge < -0.3 is 20.2 Å². The van der Waals surface area contributed by atoms with Crippen LogP contribution in [0.5, 0.6) is 0 Å². The molecule has 1 heterocycles. The number of piperazine rings is 1. The first kappa shape index (κ1) is 19.3. The molecule has 1 aliphatic heterocycles. The number of hydrogen-bond acceptors (Lipinski definition) is 8. The van der Waals surface area contributed by atoms with Crippen LogP contribution in [0.1, 0.15) is 13.3 Å². The molecule has 0 spiro atoms. The predicted molar refractivity (Wildman–Crippen MR) is 82.9 cm³/mol. The Kier molecular flexibility index (Phi) is 8.48. The Morgan fingerprint density at radius 1 is 1.39 bits per heavy atom. The van der Waals surface area contributed by atoms with E-state index in [0.717, 1.165) is 5.75 Å². The molecule has 1 fully saturated rings. The third-order valence-corrected chi connectivity index (χ3v) is 3.74. The molecule has 1 N–H and O–H groups in total. The van der Waals surface area contributed by atoms with Gasteiger partial charge in [0.15, 0.2) is 0 Å². The normalized spacial score (nSPS) is 17.5. The molecule has 0 aromatic heterocycles. The van der Waals surface area contributed by atoms with Crippen LogP contribution in [0.25, 0.3) is 0 Å². The smallest absolute Gasteiger partial charge is 0.347 e. The van der Waals surface area contributed by atoms with Gasteiger partial charge in [-0.25, -0.2) is 4.79 Å². The minimum absolute atomic E-state index is 0.277. The molecule has 132 valence electrons. The summed E-state index contributed by atoms with van der Waals surface area (Å²) >= 11 is 1.59. The van der Waals surface area contributed by atoms with Crippen LogP contribution >= 0.6 is 11.8 Å². The average Bonchev–Trinajstić information content (AvgIpc) is 2.52. The van der Waals surface area contributed by atoms with Crippen molar-refractivity contribution >= 4 is 23.6 Å². The summed E-state index contributed by atoms with van der Waals surface area (Å²) in [6, 6.07) is -0.669. The van der Waals surface area contributed by atoms with Crippen molar-refractivity contribution in [3.05, 3.63) is 5.21 Å². The number of thioether (sulfide) groups is 1. The molecule has 23 heavy (non-hydrogen) atoms. The van der Waals surface area contributed by atoms with E-state index >= 15 is 0 Å². The van der Waals surface area contributed by atoms with E-state index in [1.807, 2.05) is 6.26 Å². The summed E-state index contributed by atoms with van der Waals surface area (Å²) in [6.07, 6.45) is 2.43. The van der Waals surface area contributed by atoms with Crippen molar-refractivity contribution in [3.63, 3.8) is 0 Å². The summed E-state index contributed by atoms with van der Waals surface area (Å²) in [7, 11) is 1.29. The highest BCUT2D eigenvalue weighted by molar-refractivity contribution is 7.98. The van der Waals surface area contributed by atoms with Crippen molar-refractivity contribution in [2.75, 3.05) is 45.3 Å². The second-order valence-corrected chi connectivity index (χ2v) is 5.83. The molecule has 1 unspecified atom stereocenters. The first-order valence-electron chi connectivity index (χ1n) is 7.17. The zero-order valence-corrected chi connectivity index (χ0v) is 14.4. The Morgan fingerprint density at radius 3 is 2.57 bits per heavy atom. The molecule has 0 aromatic carbocycles. The van der Waals surface area contributed by atoms with E-state index in [4.69, 9.17) is 4.84 Å². The molecule has 0 saturated carbocycles. The van der Waals surface area contributed by atoms with E-state index in [-0.39, 0.29) is 5.91 Å². The van der Waals surface area contributed by atoms with E-state index in [1.165, 1.54) is 24.1 Å². The number of carbonyl (C=O) groups excluding carboxylic acids is 2. The Hall–Kier alpha value is -1.75. The molecule has 1 saturated heterocycles. The fourth-order valence-corrected chi connectivity index (χ4v) is 2.45. The van der Waals surface area contributed by atoms with Crippen LogP contribution in [-0.4, -0.2) is 78.3 Å². The summed E-state index contributed by atoms with van der Waals surface area (Å²) < 4.78 is 0. The number of rotatable bonds is 8. The molecule has 1 amide bonds. The largest absolute Gasteiger partial charge is 0.569 e. The summed E-state index contributed by atoms with van der Waals surface area (Å²) in [6.45, 7) is 2.77. The molecular formula is C12H23N5O5S. The second kappa shape index (κ2) is 10.1. The van der Waals surface area contributed by atoms with Gasteiger partial charge in [0, 0.05) is 6.92 Å². The van der Waals surface area contributed by atoms with Crippen molar-refractivity contribution in [2.45, 2.75) is 19.4 Å². The highest BCUT2D eigenvalue weighted by atomic mass is 32.2. The van der Waals surface area contributed by atoms with E-state index in [9.17, 15) is 14.8 Å². The van der Waals surface area contributed by atoms with E-state index < -0.39 is 12.0 Å². The van der Waals surface area contributed by atoms with Crippen molar-refractivity contribution in [3.8, 4) is 0 Å². The number of hydroxylamine groups is 2. The molecule has 0 aromatic rings. The van der Waals surface area contributed by atoms with Gasteiger partial charge in [-0.2, -0.15) is 11.8 Å². The Bertz CT molecular complexity index is 428. The molecule has 0 bridgehead atoms. The van der Waals surface area contributed by atoms with Crippen LogP contribution in [0.2, 0.25) is 0 Å². The van der Waals surface area contributed by atoms with Gasteiger partial charge in [-0.05, 0) is 18.4 Å². The van der Waals surface area contributed by atoms with Crippen molar-refractivity contribution in [1.29, 1.82) is 0 Å². The SMILES string of the molecule is CO/N=[N+](\[O-])N1CCN(OC(=O)C(CCSC)NC(C)=O)CC1. The lowest BCUT2D eigenvalue weighted by Gasteiger charge is -2.30. The van der Waals surface area contributed by atoms with Gasteiger partial charge in [-0.1, -0.05) is 0 Å². The summed E-state index contributed by atoms with van der Waals surface area (Å²) in [5.41, 5.74) is 0. The van der Waals surface area contributed by atoms with Gasteiger partial charge in [0.05, 0.1) is 31.1 Å². The zero-order valence-electron chi connectivity index (χ0n) is 13.6. The van der Waals surface area contributed by atoms with Crippen LogP contribution in [-0.2, 0) is 19.3 Å². The van der Waals surface area contributed by atoms with Gasteiger partial charge in [0.1, 0.15) is 13.2 Å². The minimum atomic E-state index is -0.669. The number of amides is 1. The molecule has 1 rings (SSSR count). The van der Waals surface area contributed by atoms with Gasteiger partial charge in [-0.3, -0.25) is 4.79 Å². The molecule has 1 atom stereocenters. The van der Waals surface area contributed by atoms with E-state index in [2.05, 4.69) is 15.4 Å². The predicted octanol–water partition coefficient (Wildman–Crippen LogP) is -0.241. The number of hydrazine groups is 1. The quantitative estimate of drug-likeness (QED) is 0.363. The topological polar surface area (TPSA) is 110 Å². The molecule has 0 radical (unpaired) electrons. The first-order valence-corrected chi connectivity index (χ1v) is 8.56. The highest BCUT2D eigenvalue weighted by Gasteiger charge is 2.28. The number of nitrogens with zero attached hydrogens (tertiary/aromatic N) is 4. The molecule has 1 aliphatic rings. The van der Waals surface area contributed by atoms with Gasteiger partial charge in [-0.15, -0.1) is 10.1 Å². The standard InChI is InChI=1S/C12H23N5O5S/c1-10(18)13-11(4-9-23-3)12(19)22-16-7-5-15(6-8-16)17(20)14-21-2/h11H,4-9H2,1-3H3,(H,13,18)/b17-14-. The lowest BCUT2D eigenvalue weighted by molar-refractivity contribution is -0.713. The number of nitrogens with one attached hydrogen (secondary N) is 1. The molecule has 10 nitrogen and oxygen atoms in total. The Balaban J connectivity index is 2.47. The monoisotopic (exact) mass is 349 g/mol. The maximum absolute atomic E-state index is 12.2. The second-order valence-electron chi connectivity index (χ2n) is 4.84. The van der Waals surface area contributed by atoms with Crippen molar-refractivity contribution in [2.24, 2.45) is 5.28 Å². The van der Waals surface area contributed by atoms with Crippen molar-refractivity contribution < 1.29 is 24.2 Å². The lowest BCUT2D eigenvalue weighted by atomic mass is 10.2. The third kappa shape index (κ3) is 6.91. The molecule has 0 aliphatic carbocycles. The maximum atomic E-state index is 12.2. The Labute approximate surface area is 139 Å². The summed E-state index contributed by atoms with van der Waals surface area (Å²) in [5.74, 6) is -0.0402. The molecule has 11 heteroatoms. The first-order chi connectivity index (χ1) is 11.0. The fraction of sp³-hybridized carbons (Fsp3) is 0.833. The van der Waals surface area contributed by atoms with Crippen LogP contribution in [0.3, 0.4) is 0 Å². The average molecular weight is 349 g/mol. The lowest BCUT2D eigenvalue weighted by Crippen LogP contribution is -2.51. The van der Waals surface area contributed by atoms with Crippen molar-refractivity contribution in [1.82, 2.24) is 15.4 Å². The summed E-state index contributed by atoms with van der Waals surface area (Å²) in [5, 5.41) is 20.2. The number of carbonyl (C=O) groups is 2. The number of hydrogen-bond donors (Lipinski definition) is 1. The zero-order chi connectivity index (χ0) is 17.2. The van der Waals surface area contributed by atoms with E-state index in [0.29, 0.717) is 37.6 Å². The third-order valence-electron chi connectivity index (χ3n) is 3.10. The van der Waals surface area contributed by atoms with Crippen LogP contribution in [0.15, 0.2) is 5.28 Å². The maximum Gasteiger partial charge on any atom is 0.347 e. The van der Waals surface area contributed by atoms with Crippen LogP contribution < -0.4 is 5.32 Å². The van der Waals surface area contributed by atoms with Gasteiger partial charge >= 0.3 is 5.97 Å². The Morgan fingerprint density at radius 2 is 2.04 bits per heavy atom. The van der Waals surface area contributed by atoms with Crippen LogP contribution in [0, 0.1) is 5.21 Å². The highest BCUT2D eigenvalue weighted by Crippen LogP contribution is 2.07. The van der Waals surface area contributed by atoms with Gasteiger partial charge in [0.25, 0.3) is 0 Å². The summed E-state index contributed by atoms with van der Waals surface area (Å²) in [4.78, 5) is 33.4. The molecular weight excluding hydrogens is 326 g/mol. The fourth-order valence-electron chi connectivity index (χ4n) is 1.98. The van der Waals surface area contributed by atoms with Crippen LogP contribution in [0.4, 0.5) is 0 Å². The van der Waals surface area contributed by atoms with Gasteiger partial charge in [0.2, 0.25) is 11.2 Å². The minimum Gasteiger partial charge on any atom is -0.569 e.